The second-order valence-corrected chi connectivity index (χ2v) is 16.8. The average molecular weight is 758 g/mol. The minimum Gasteiger partial charge on any atom is -0.458 e. The van der Waals surface area contributed by atoms with E-state index in [4.69, 9.17) is 37.9 Å². The van der Waals surface area contributed by atoms with Crippen molar-refractivity contribution >= 4 is 11.8 Å². The van der Waals surface area contributed by atoms with E-state index in [-0.39, 0.29) is 103 Å². The van der Waals surface area contributed by atoms with Gasteiger partial charge >= 0.3 is 5.97 Å². The van der Waals surface area contributed by atoms with E-state index < -0.39 is 12.4 Å². The van der Waals surface area contributed by atoms with Crippen LogP contribution in [0.5, 0.6) is 0 Å². The van der Waals surface area contributed by atoms with Crippen LogP contribution in [0.1, 0.15) is 85.5 Å². The van der Waals surface area contributed by atoms with E-state index in [2.05, 4.69) is 57.1 Å². The van der Waals surface area contributed by atoms with Gasteiger partial charge in [0.1, 0.15) is 24.4 Å². The largest absolute Gasteiger partial charge is 0.458 e. The predicted octanol–water partition coefficient (Wildman–Crippen LogP) is 6.04. The fraction of sp³-hybridized carbons (Fsp3) is 0.814. The molecule has 0 amide bonds. The number of carbonyl (C=O) groups is 2. The fourth-order valence-corrected chi connectivity index (χ4v) is 10.5. The molecule has 0 aromatic heterocycles. The van der Waals surface area contributed by atoms with Crippen molar-refractivity contribution in [3.8, 4) is 0 Å². The third-order valence-electron chi connectivity index (χ3n) is 13.3. The Bertz CT molecular complexity index is 1370. The maximum atomic E-state index is 14.7. The Balaban J connectivity index is 1.22. The quantitative estimate of drug-likeness (QED) is 0.192. The number of ketones is 1. The van der Waals surface area contributed by atoms with Gasteiger partial charge in [-0.1, -0.05) is 38.2 Å². The Morgan fingerprint density at radius 1 is 0.852 bits per heavy atom. The lowest BCUT2D eigenvalue weighted by molar-refractivity contribution is -0.314. The van der Waals surface area contributed by atoms with Gasteiger partial charge in [-0.15, -0.1) is 0 Å². The molecule has 0 aromatic carbocycles. The minimum atomic E-state index is -0.600. The number of Topliss-reactive ketones (excluding diaryl/α,β-unsaturated/α-hetero) is 1. The van der Waals surface area contributed by atoms with Gasteiger partial charge in [0, 0.05) is 39.2 Å². The summed E-state index contributed by atoms with van der Waals surface area (Å²) in [5.74, 6) is -0.122. The van der Waals surface area contributed by atoms with Gasteiger partial charge in [0.05, 0.1) is 30.8 Å². The SMILES string of the molecule is CC/C=C/[C@H]1CCC[C@H](OC2CCC(N(C)C)C(C)O2)[C@@H](C)C(=O)C2=C[C@@H]3[C@@H](C=C[C@@H]4C[C@@H](OC5OC(C)C(OC)C(OC)C5OC)C[C@@H]34)[C@@H]2CC(=O)O1. The summed E-state index contributed by atoms with van der Waals surface area (Å²) in [5.41, 5.74) is 0.752. The first-order valence-corrected chi connectivity index (χ1v) is 20.6. The number of allylic oxidation sites excluding steroid dienone is 5. The Morgan fingerprint density at radius 3 is 2.30 bits per heavy atom. The number of carbonyl (C=O) groups excluding carboxylic acids is 2. The lowest BCUT2D eigenvalue weighted by atomic mass is 9.70. The molecule has 6 rings (SSSR count). The van der Waals surface area contributed by atoms with Crippen LogP contribution in [-0.2, 0) is 47.5 Å². The van der Waals surface area contributed by atoms with Crippen molar-refractivity contribution in [1.82, 2.24) is 4.90 Å². The van der Waals surface area contributed by atoms with Crippen LogP contribution in [-0.4, -0.2) is 120 Å². The summed E-state index contributed by atoms with van der Waals surface area (Å²) in [5, 5.41) is 0. The van der Waals surface area contributed by atoms with Crippen molar-refractivity contribution in [3.05, 3.63) is 36.0 Å². The van der Waals surface area contributed by atoms with Crippen LogP contribution in [0, 0.1) is 35.5 Å². The number of rotatable bonds is 10. The molecule has 304 valence electrons. The van der Waals surface area contributed by atoms with E-state index >= 15 is 0 Å². The van der Waals surface area contributed by atoms with Gasteiger partial charge in [0.25, 0.3) is 0 Å². The van der Waals surface area contributed by atoms with Gasteiger partial charge in [-0.2, -0.15) is 0 Å². The molecule has 3 saturated heterocycles. The van der Waals surface area contributed by atoms with Crippen molar-refractivity contribution in [2.75, 3.05) is 35.4 Å². The van der Waals surface area contributed by atoms with Gasteiger partial charge in [0.2, 0.25) is 0 Å². The second kappa shape index (κ2) is 18.5. The first-order valence-electron chi connectivity index (χ1n) is 20.6. The van der Waals surface area contributed by atoms with Crippen LogP contribution >= 0.6 is 0 Å². The number of esters is 1. The molecular weight excluding hydrogens is 690 g/mol. The number of fused-ring (bicyclic) bond motifs is 5. The van der Waals surface area contributed by atoms with Gasteiger partial charge in [-0.3, -0.25) is 9.59 Å². The molecule has 0 N–H and O–H groups in total. The van der Waals surface area contributed by atoms with E-state index in [0.717, 1.165) is 44.1 Å². The standard InChI is InChI=1S/C43H67NO10/c1-10-11-13-28-14-12-15-36(54-38-19-18-35(44(5)6)25(3)50-38)24(2)39(46)34-22-32-30(33(34)23-37(45)52-28)17-16-27-20-29(21-31(27)32)53-43-42(49-9)41(48-8)40(47-7)26(4)51-43/h11,13,16-17,22,24-33,35-36,38,40-43H,10,12,14-15,18-21,23H2,1-9H3/b13-11+/t24-,25?,26?,27-,28+,29-,30-,31-,32-,33+,35?,36+,38?,40?,41?,42?,43?/m1/s1. The maximum absolute atomic E-state index is 14.7. The van der Waals surface area contributed by atoms with Crippen molar-refractivity contribution in [2.24, 2.45) is 35.5 Å². The first-order chi connectivity index (χ1) is 26.0. The Kier molecular flexibility index (Phi) is 14.3. The predicted molar refractivity (Wildman–Crippen MR) is 203 cm³/mol. The zero-order valence-electron chi connectivity index (χ0n) is 34.1. The zero-order chi connectivity index (χ0) is 38.7. The Morgan fingerprint density at radius 2 is 1.61 bits per heavy atom. The summed E-state index contributed by atoms with van der Waals surface area (Å²) in [6.45, 7) is 8.17. The summed E-state index contributed by atoms with van der Waals surface area (Å²) in [6, 6.07) is 0.330. The lowest BCUT2D eigenvalue weighted by Crippen LogP contribution is -2.59. The molecule has 11 heteroatoms. The number of methoxy groups -OCH3 is 3. The summed E-state index contributed by atoms with van der Waals surface area (Å²) in [4.78, 5) is 30.6. The highest BCUT2D eigenvalue weighted by atomic mass is 16.7. The van der Waals surface area contributed by atoms with Crippen LogP contribution < -0.4 is 0 Å². The van der Waals surface area contributed by atoms with E-state index in [0.29, 0.717) is 18.9 Å². The van der Waals surface area contributed by atoms with Crippen LogP contribution in [0.4, 0.5) is 0 Å². The van der Waals surface area contributed by atoms with E-state index in [9.17, 15) is 9.59 Å². The highest BCUT2D eigenvalue weighted by Gasteiger charge is 2.52. The number of nitrogens with zero attached hydrogens (tertiary/aromatic N) is 1. The van der Waals surface area contributed by atoms with Crippen LogP contribution in [0.3, 0.4) is 0 Å². The van der Waals surface area contributed by atoms with E-state index in [1.807, 2.05) is 19.9 Å². The van der Waals surface area contributed by atoms with E-state index in [1.165, 1.54) is 0 Å². The van der Waals surface area contributed by atoms with Crippen LogP contribution in [0.25, 0.3) is 0 Å². The molecule has 3 aliphatic carbocycles. The molecule has 11 nitrogen and oxygen atoms in total. The Hall–Kier alpha value is -1.96. The zero-order valence-corrected chi connectivity index (χ0v) is 34.1. The van der Waals surface area contributed by atoms with Crippen molar-refractivity contribution < 1.29 is 47.5 Å². The van der Waals surface area contributed by atoms with Crippen LogP contribution in [0.2, 0.25) is 0 Å². The normalized spacial score (nSPS) is 44.6. The molecule has 54 heavy (non-hydrogen) atoms. The molecule has 3 heterocycles. The molecule has 0 radical (unpaired) electrons. The molecule has 1 saturated carbocycles. The minimum absolute atomic E-state index is 0.0270. The van der Waals surface area contributed by atoms with Gasteiger partial charge in [-0.25, -0.2) is 0 Å². The topological polar surface area (TPSA) is 111 Å². The third-order valence-corrected chi connectivity index (χ3v) is 13.3. The van der Waals surface area contributed by atoms with Crippen molar-refractivity contribution in [1.29, 1.82) is 0 Å². The van der Waals surface area contributed by atoms with Gasteiger partial charge in [-0.05, 0) is 115 Å². The third kappa shape index (κ3) is 8.94. The van der Waals surface area contributed by atoms with Crippen molar-refractivity contribution in [3.63, 3.8) is 0 Å². The molecule has 4 fully saturated rings. The number of hydrogen-bond acceptors (Lipinski definition) is 11. The molecule has 0 spiro atoms. The van der Waals surface area contributed by atoms with Crippen LogP contribution in [0.15, 0.2) is 36.0 Å². The molecule has 3 aliphatic heterocycles. The van der Waals surface area contributed by atoms with E-state index in [1.54, 1.807) is 21.3 Å². The summed E-state index contributed by atoms with van der Waals surface area (Å²) < 4.78 is 49.7. The lowest BCUT2D eigenvalue weighted by Gasteiger charge is -2.44. The highest BCUT2D eigenvalue weighted by molar-refractivity contribution is 5.99. The van der Waals surface area contributed by atoms with Gasteiger partial charge in [0.15, 0.2) is 18.4 Å². The molecule has 0 aromatic rings. The molecule has 8 unspecified atom stereocenters. The number of ether oxygens (including phenoxy) is 8. The van der Waals surface area contributed by atoms with Crippen molar-refractivity contribution in [2.45, 2.75) is 153 Å². The first kappa shape index (κ1) is 41.7. The smallest absolute Gasteiger partial charge is 0.307 e. The number of hydrogen-bond donors (Lipinski definition) is 0. The Labute approximate surface area is 323 Å². The number of likely N-dealkylation sites (N-methyl/N-ethyl adjacent to an activating group) is 1. The summed E-state index contributed by atoms with van der Waals surface area (Å²) >= 11 is 0. The highest BCUT2D eigenvalue weighted by Crippen LogP contribution is 2.54. The summed E-state index contributed by atoms with van der Waals surface area (Å²) in [6.07, 6.45) is 14.6. The maximum Gasteiger partial charge on any atom is 0.307 e. The molecule has 17 atom stereocenters. The number of cyclic esters (lactones) is 1. The molecule has 6 aliphatic rings. The second-order valence-electron chi connectivity index (χ2n) is 16.8. The molecule has 0 bridgehead atoms. The monoisotopic (exact) mass is 757 g/mol. The fourth-order valence-electron chi connectivity index (χ4n) is 10.5. The summed E-state index contributed by atoms with van der Waals surface area (Å²) in [7, 11) is 9.15. The molecular formula is C43H67NO10. The van der Waals surface area contributed by atoms with Gasteiger partial charge < -0.3 is 42.8 Å². The average Bonchev–Trinajstić information content (AvgIpc) is 3.72.